The van der Waals surface area contributed by atoms with Crippen molar-refractivity contribution in [2.24, 2.45) is 0 Å². The quantitative estimate of drug-likeness (QED) is 0.773. The van der Waals surface area contributed by atoms with E-state index < -0.39 is 18.6 Å². The number of benzene rings is 1. The van der Waals surface area contributed by atoms with Crippen molar-refractivity contribution in [1.29, 1.82) is 0 Å². The van der Waals surface area contributed by atoms with Gasteiger partial charge in [-0.3, -0.25) is 14.5 Å². The molecule has 0 saturated heterocycles. The summed E-state index contributed by atoms with van der Waals surface area (Å²) in [5.74, 6) is -0.471. The van der Waals surface area contributed by atoms with E-state index in [1.165, 1.54) is 0 Å². The molecule has 1 atom stereocenters. The van der Waals surface area contributed by atoms with E-state index in [2.05, 4.69) is 5.32 Å². The van der Waals surface area contributed by atoms with Crippen LogP contribution in [0, 0.1) is 6.92 Å². The third-order valence-corrected chi connectivity index (χ3v) is 2.73. The van der Waals surface area contributed by atoms with Crippen LogP contribution in [0.1, 0.15) is 15.9 Å². The number of alkyl halides is 1. The number of rotatable bonds is 6. The molecule has 1 rings (SSSR count). The fraction of sp³-hybridized carbons (Fsp3) is 0.385. The number of nitrogens with one attached hydrogen (secondary N) is 1. The standard InChI is InChI=1S/C13H17FN2O2/c1-10-5-3-4-6-12(10)13(18)16(9-17)11(7-14)8-15-2/h3-6,9,11,15H,7-8H2,1-2H3. The molecular weight excluding hydrogens is 235 g/mol. The molecule has 0 aromatic heterocycles. The zero-order valence-corrected chi connectivity index (χ0v) is 10.5. The number of halogens is 1. The number of hydrogen-bond acceptors (Lipinski definition) is 3. The first-order valence-corrected chi connectivity index (χ1v) is 5.69. The minimum atomic E-state index is -0.778. The summed E-state index contributed by atoms with van der Waals surface area (Å²) in [7, 11) is 1.64. The molecule has 0 fully saturated rings. The molecule has 2 amide bonds. The number of nitrogens with zero attached hydrogens (tertiary/aromatic N) is 1. The number of carbonyl (C=O) groups excluding carboxylic acids is 2. The lowest BCUT2D eigenvalue weighted by molar-refractivity contribution is -0.117. The number of hydrogen-bond donors (Lipinski definition) is 1. The van der Waals surface area contributed by atoms with E-state index in [1.807, 2.05) is 0 Å². The van der Waals surface area contributed by atoms with Gasteiger partial charge in [0.15, 0.2) is 0 Å². The molecule has 1 unspecified atom stereocenters. The van der Waals surface area contributed by atoms with Gasteiger partial charge in [-0.1, -0.05) is 18.2 Å². The smallest absolute Gasteiger partial charge is 0.260 e. The first-order chi connectivity index (χ1) is 8.65. The molecule has 5 heteroatoms. The molecule has 0 aliphatic carbocycles. The van der Waals surface area contributed by atoms with Crippen molar-refractivity contribution < 1.29 is 14.0 Å². The van der Waals surface area contributed by atoms with E-state index in [1.54, 1.807) is 38.2 Å². The Bertz CT molecular complexity index is 423. The Morgan fingerprint density at radius 2 is 2.17 bits per heavy atom. The maximum Gasteiger partial charge on any atom is 0.260 e. The minimum Gasteiger partial charge on any atom is -0.318 e. The molecule has 18 heavy (non-hydrogen) atoms. The van der Waals surface area contributed by atoms with Crippen molar-refractivity contribution in [2.75, 3.05) is 20.3 Å². The van der Waals surface area contributed by atoms with Gasteiger partial charge in [-0.2, -0.15) is 0 Å². The summed E-state index contributed by atoms with van der Waals surface area (Å²) in [6.07, 6.45) is 0.385. The molecule has 0 heterocycles. The van der Waals surface area contributed by atoms with E-state index in [0.29, 0.717) is 12.0 Å². The first kappa shape index (κ1) is 14.3. The number of aryl methyl sites for hydroxylation is 1. The molecule has 0 aliphatic heterocycles. The molecule has 1 N–H and O–H groups in total. The summed E-state index contributed by atoms with van der Waals surface area (Å²) in [4.78, 5) is 24.1. The topological polar surface area (TPSA) is 49.4 Å². The summed E-state index contributed by atoms with van der Waals surface area (Å²) in [6.45, 7) is 1.24. The molecular formula is C13H17FN2O2. The Labute approximate surface area is 106 Å². The average molecular weight is 252 g/mol. The van der Waals surface area contributed by atoms with Gasteiger partial charge in [-0.25, -0.2) is 4.39 Å². The molecule has 0 aliphatic rings. The summed E-state index contributed by atoms with van der Waals surface area (Å²) in [6, 6.07) is 6.14. The van der Waals surface area contributed by atoms with Crippen LogP contribution in [0.2, 0.25) is 0 Å². The van der Waals surface area contributed by atoms with Crippen LogP contribution in [0.4, 0.5) is 4.39 Å². The van der Waals surface area contributed by atoms with E-state index in [0.717, 1.165) is 10.5 Å². The maximum absolute atomic E-state index is 12.9. The largest absolute Gasteiger partial charge is 0.318 e. The van der Waals surface area contributed by atoms with Crippen LogP contribution in [-0.2, 0) is 4.79 Å². The molecule has 0 spiro atoms. The number of amides is 2. The second kappa shape index (κ2) is 6.86. The van der Waals surface area contributed by atoms with Gasteiger partial charge >= 0.3 is 0 Å². The van der Waals surface area contributed by atoms with Crippen LogP contribution in [0.15, 0.2) is 24.3 Å². The zero-order chi connectivity index (χ0) is 13.5. The lowest BCUT2D eigenvalue weighted by atomic mass is 10.1. The van der Waals surface area contributed by atoms with Crippen molar-refractivity contribution in [3.05, 3.63) is 35.4 Å². The molecule has 0 bridgehead atoms. The minimum absolute atomic E-state index is 0.229. The Balaban J connectivity index is 2.98. The highest BCUT2D eigenvalue weighted by Crippen LogP contribution is 2.12. The normalized spacial score (nSPS) is 11.9. The maximum atomic E-state index is 12.9. The summed E-state index contributed by atoms with van der Waals surface area (Å²) in [5.41, 5.74) is 1.18. The fourth-order valence-corrected chi connectivity index (χ4v) is 1.71. The van der Waals surface area contributed by atoms with Crippen molar-refractivity contribution in [2.45, 2.75) is 13.0 Å². The number of imide groups is 1. The van der Waals surface area contributed by atoms with E-state index >= 15 is 0 Å². The van der Waals surface area contributed by atoms with Crippen molar-refractivity contribution >= 4 is 12.3 Å². The summed E-state index contributed by atoms with van der Waals surface area (Å²) < 4.78 is 12.9. The van der Waals surface area contributed by atoms with Gasteiger partial charge in [-0.05, 0) is 25.6 Å². The van der Waals surface area contributed by atoms with Crippen molar-refractivity contribution in [1.82, 2.24) is 10.2 Å². The molecule has 98 valence electrons. The van der Waals surface area contributed by atoms with Crippen molar-refractivity contribution in [3.8, 4) is 0 Å². The molecule has 4 nitrogen and oxygen atoms in total. The fourth-order valence-electron chi connectivity index (χ4n) is 1.71. The summed E-state index contributed by atoms with van der Waals surface area (Å²) in [5, 5.41) is 2.76. The van der Waals surface area contributed by atoms with Gasteiger partial charge in [0.25, 0.3) is 5.91 Å². The van der Waals surface area contributed by atoms with Crippen LogP contribution >= 0.6 is 0 Å². The monoisotopic (exact) mass is 252 g/mol. The van der Waals surface area contributed by atoms with E-state index in [9.17, 15) is 14.0 Å². The third kappa shape index (κ3) is 3.13. The van der Waals surface area contributed by atoms with Crippen LogP contribution < -0.4 is 5.32 Å². The van der Waals surface area contributed by atoms with Gasteiger partial charge < -0.3 is 5.32 Å². The molecule has 0 radical (unpaired) electrons. The Kier molecular flexibility index (Phi) is 5.45. The highest BCUT2D eigenvalue weighted by atomic mass is 19.1. The van der Waals surface area contributed by atoms with Gasteiger partial charge in [0.2, 0.25) is 6.41 Å². The Hall–Kier alpha value is -1.75. The Morgan fingerprint density at radius 3 is 2.67 bits per heavy atom. The lowest BCUT2D eigenvalue weighted by Crippen LogP contribution is -2.46. The van der Waals surface area contributed by atoms with Gasteiger partial charge in [0.05, 0.1) is 6.04 Å². The average Bonchev–Trinajstić information content (AvgIpc) is 2.38. The Morgan fingerprint density at radius 1 is 1.50 bits per heavy atom. The molecule has 1 aromatic rings. The molecule has 0 saturated carbocycles. The number of carbonyl (C=O) groups is 2. The predicted molar refractivity (Wildman–Crippen MR) is 67.1 cm³/mol. The van der Waals surface area contributed by atoms with E-state index in [4.69, 9.17) is 0 Å². The highest BCUT2D eigenvalue weighted by Gasteiger charge is 2.24. The SMILES string of the molecule is CNCC(CF)N(C=O)C(=O)c1ccccc1C. The van der Waals surface area contributed by atoms with Crippen LogP contribution in [-0.4, -0.2) is 43.5 Å². The van der Waals surface area contributed by atoms with Crippen LogP contribution in [0.3, 0.4) is 0 Å². The highest BCUT2D eigenvalue weighted by molar-refractivity contribution is 6.01. The predicted octanol–water partition coefficient (Wildman–Crippen LogP) is 1.15. The second-order valence-electron chi connectivity index (χ2n) is 4.00. The zero-order valence-electron chi connectivity index (χ0n) is 10.5. The summed E-state index contributed by atoms with van der Waals surface area (Å²) >= 11 is 0. The molecule has 1 aromatic carbocycles. The van der Waals surface area contributed by atoms with Gasteiger partial charge in [-0.15, -0.1) is 0 Å². The van der Waals surface area contributed by atoms with Gasteiger partial charge in [0.1, 0.15) is 6.67 Å². The van der Waals surface area contributed by atoms with Gasteiger partial charge in [0, 0.05) is 12.1 Å². The van der Waals surface area contributed by atoms with Crippen molar-refractivity contribution in [3.63, 3.8) is 0 Å². The first-order valence-electron chi connectivity index (χ1n) is 5.69. The second-order valence-corrected chi connectivity index (χ2v) is 4.00. The third-order valence-electron chi connectivity index (χ3n) is 2.73. The lowest BCUT2D eigenvalue weighted by Gasteiger charge is -2.24. The van der Waals surface area contributed by atoms with E-state index in [-0.39, 0.29) is 6.54 Å². The van der Waals surface area contributed by atoms with Crippen LogP contribution in [0.25, 0.3) is 0 Å². The van der Waals surface area contributed by atoms with Crippen LogP contribution in [0.5, 0.6) is 0 Å². The number of likely N-dealkylation sites (N-methyl/N-ethyl adjacent to an activating group) is 1.